The molecule has 3 aromatic rings. The lowest BCUT2D eigenvalue weighted by Gasteiger charge is -2.05. The summed E-state index contributed by atoms with van der Waals surface area (Å²) in [6.07, 6.45) is 1.82. The van der Waals surface area contributed by atoms with Gasteiger partial charge in [-0.25, -0.2) is 0 Å². The first-order valence-electron chi connectivity index (χ1n) is 8.28. The van der Waals surface area contributed by atoms with Gasteiger partial charge < -0.3 is 4.90 Å². The standard InChI is InChI=1S/C21H20BrN3S/c1-25(2)15-18-13-19(22)20(26-18)14-23-24-21(16-9-5-3-6-10-16)17-11-7-4-8-12-17/h3-14H,15H2,1-2H3/b23-14+. The summed E-state index contributed by atoms with van der Waals surface area (Å²) in [7, 11) is 4.13. The molecule has 0 N–H and O–H groups in total. The molecule has 0 bridgehead atoms. The van der Waals surface area contributed by atoms with Gasteiger partial charge in [0.1, 0.15) is 5.71 Å². The molecule has 0 saturated heterocycles. The summed E-state index contributed by atoms with van der Waals surface area (Å²) >= 11 is 5.34. The van der Waals surface area contributed by atoms with E-state index in [1.807, 2.05) is 42.6 Å². The Balaban J connectivity index is 1.90. The van der Waals surface area contributed by atoms with Crippen LogP contribution in [0.1, 0.15) is 20.9 Å². The average molecular weight is 426 g/mol. The molecule has 26 heavy (non-hydrogen) atoms. The van der Waals surface area contributed by atoms with Gasteiger partial charge in [0.25, 0.3) is 0 Å². The summed E-state index contributed by atoms with van der Waals surface area (Å²) in [6.45, 7) is 0.916. The fourth-order valence-corrected chi connectivity index (χ4v) is 4.33. The first kappa shape index (κ1) is 18.7. The van der Waals surface area contributed by atoms with Crippen molar-refractivity contribution in [1.29, 1.82) is 0 Å². The number of halogens is 1. The van der Waals surface area contributed by atoms with E-state index in [9.17, 15) is 0 Å². The van der Waals surface area contributed by atoms with Crippen molar-refractivity contribution in [2.45, 2.75) is 6.54 Å². The van der Waals surface area contributed by atoms with E-state index in [0.29, 0.717) is 0 Å². The minimum atomic E-state index is 0.864. The molecule has 3 nitrogen and oxygen atoms in total. The molecule has 2 aromatic carbocycles. The Morgan fingerprint density at radius 3 is 2.12 bits per heavy atom. The van der Waals surface area contributed by atoms with Crippen LogP contribution in [0.5, 0.6) is 0 Å². The highest BCUT2D eigenvalue weighted by molar-refractivity contribution is 9.10. The van der Waals surface area contributed by atoms with E-state index in [0.717, 1.165) is 32.7 Å². The highest BCUT2D eigenvalue weighted by Crippen LogP contribution is 2.26. The van der Waals surface area contributed by atoms with E-state index >= 15 is 0 Å². The monoisotopic (exact) mass is 425 g/mol. The smallest absolute Gasteiger partial charge is 0.100 e. The van der Waals surface area contributed by atoms with Gasteiger partial charge in [-0.2, -0.15) is 5.10 Å². The Hall–Kier alpha value is -2.08. The van der Waals surface area contributed by atoms with E-state index < -0.39 is 0 Å². The predicted molar refractivity (Wildman–Crippen MR) is 116 cm³/mol. The molecule has 0 aliphatic heterocycles. The number of thiophene rings is 1. The zero-order valence-corrected chi connectivity index (χ0v) is 17.2. The van der Waals surface area contributed by atoms with Gasteiger partial charge >= 0.3 is 0 Å². The third-order valence-corrected chi connectivity index (χ3v) is 5.64. The number of hydrogen-bond donors (Lipinski definition) is 0. The van der Waals surface area contributed by atoms with E-state index in [1.165, 1.54) is 4.88 Å². The van der Waals surface area contributed by atoms with Gasteiger partial charge in [-0.3, -0.25) is 0 Å². The van der Waals surface area contributed by atoms with Gasteiger partial charge in [-0.1, -0.05) is 60.7 Å². The van der Waals surface area contributed by atoms with Gasteiger partial charge in [0.05, 0.1) is 11.1 Å². The topological polar surface area (TPSA) is 28.0 Å². The summed E-state index contributed by atoms with van der Waals surface area (Å²) in [5.41, 5.74) is 2.97. The third-order valence-electron chi connectivity index (χ3n) is 3.66. The molecule has 0 aliphatic carbocycles. The number of rotatable bonds is 6. The Morgan fingerprint density at radius 1 is 1.00 bits per heavy atom. The molecule has 0 saturated carbocycles. The summed E-state index contributed by atoms with van der Waals surface area (Å²) in [5, 5.41) is 8.91. The Bertz CT molecular complexity index is 858. The Labute approximate surface area is 166 Å². The van der Waals surface area contributed by atoms with Gasteiger partial charge in [0, 0.05) is 27.0 Å². The first-order valence-corrected chi connectivity index (χ1v) is 9.89. The van der Waals surface area contributed by atoms with Crippen LogP contribution in [0.2, 0.25) is 0 Å². The maximum absolute atomic E-state index is 4.53. The van der Waals surface area contributed by atoms with Crippen molar-refractivity contribution in [1.82, 2.24) is 4.90 Å². The van der Waals surface area contributed by atoms with Crippen molar-refractivity contribution < 1.29 is 0 Å². The van der Waals surface area contributed by atoms with Crippen molar-refractivity contribution in [2.24, 2.45) is 10.2 Å². The van der Waals surface area contributed by atoms with Crippen LogP contribution in [0.4, 0.5) is 0 Å². The molecule has 0 spiro atoms. The fraction of sp³-hybridized carbons (Fsp3) is 0.143. The molecular formula is C21H20BrN3S. The first-order chi connectivity index (χ1) is 12.6. The highest BCUT2D eigenvalue weighted by atomic mass is 79.9. The zero-order valence-electron chi connectivity index (χ0n) is 14.8. The molecule has 0 amide bonds. The summed E-state index contributed by atoms with van der Waals surface area (Å²) < 4.78 is 1.05. The van der Waals surface area contributed by atoms with Crippen LogP contribution in [0.25, 0.3) is 0 Å². The molecule has 0 radical (unpaired) electrons. The highest BCUT2D eigenvalue weighted by Gasteiger charge is 2.07. The second kappa shape index (κ2) is 9.03. The Morgan fingerprint density at radius 2 is 1.58 bits per heavy atom. The maximum Gasteiger partial charge on any atom is 0.100 e. The van der Waals surface area contributed by atoms with Crippen molar-refractivity contribution >= 4 is 39.2 Å². The normalized spacial score (nSPS) is 11.2. The SMILES string of the molecule is CN(C)Cc1cc(Br)c(/C=N/N=C(c2ccccc2)c2ccccc2)s1. The second-order valence-electron chi connectivity index (χ2n) is 6.09. The van der Waals surface area contributed by atoms with E-state index in [2.05, 4.69) is 75.5 Å². The minimum absolute atomic E-state index is 0.864. The van der Waals surface area contributed by atoms with Crippen LogP contribution in [0, 0.1) is 0 Å². The largest absolute Gasteiger partial charge is 0.304 e. The van der Waals surface area contributed by atoms with E-state index in [-0.39, 0.29) is 0 Å². The molecule has 1 heterocycles. The number of benzene rings is 2. The van der Waals surface area contributed by atoms with Crippen LogP contribution in [0.15, 0.2) is 81.4 Å². The molecule has 3 rings (SSSR count). The summed E-state index contributed by atoms with van der Waals surface area (Å²) in [6, 6.07) is 22.4. The number of hydrogen-bond acceptors (Lipinski definition) is 4. The summed E-state index contributed by atoms with van der Waals surface area (Å²) in [5.74, 6) is 0. The lowest BCUT2D eigenvalue weighted by molar-refractivity contribution is 0.406. The van der Waals surface area contributed by atoms with Crippen LogP contribution in [-0.2, 0) is 6.54 Å². The van der Waals surface area contributed by atoms with Gasteiger partial charge in [-0.05, 0) is 36.1 Å². The second-order valence-corrected chi connectivity index (χ2v) is 8.11. The van der Waals surface area contributed by atoms with Gasteiger partial charge in [-0.15, -0.1) is 16.4 Å². The molecular weight excluding hydrogens is 406 g/mol. The average Bonchev–Trinajstić information content (AvgIpc) is 2.98. The predicted octanol–water partition coefficient (Wildman–Crippen LogP) is 5.44. The van der Waals surface area contributed by atoms with Crippen molar-refractivity contribution in [2.75, 3.05) is 14.1 Å². The molecule has 0 atom stereocenters. The molecule has 0 unspecified atom stereocenters. The zero-order chi connectivity index (χ0) is 18.4. The van der Waals surface area contributed by atoms with Crippen LogP contribution in [-0.4, -0.2) is 30.9 Å². The van der Waals surface area contributed by atoms with Crippen LogP contribution in [0.3, 0.4) is 0 Å². The lowest BCUT2D eigenvalue weighted by atomic mass is 10.0. The summed E-state index contributed by atoms with van der Waals surface area (Å²) in [4.78, 5) is 4.52. The van der Waals surface area contributed by atoms with Crippen molar-refractivity contribution in [3.8, 4) is 0 Å². The maximum atomic E-state index is 4.53. The van der Waals surface area contributed by atoms with E-state index in [1.54, 1.807) is 11.3 Å². The molecule has 5 heteroatoms. The van der Waals surface area contributed by atoms with Crippen molar-refractivity contribution in [3.05, 3.63) is 92.1 Å². The molecule has 0 fully saturated rings. The lowest BCUT2D eigenvalue weighted by Crippen LogP contribution is -2.09. The number of nitrogens with zero attached hydrogens (tertiary/aromatic N) is 3. The van der Waals surface area contributed by atoms with Gasteiger partial charge in [0.2, 0.25) is 0 Å². The molecule has 1 aromatic heterocycles. The van der Waals surface area contributed by atoms with Crippen molar-refractivity contribution in [3.63, 3.8) is 0 Å². The quantitative estimate of drug-likeness (QED) is 0.381. The van der Waals surface area contributed by atoms with Crippen LogP contribution < -0.4 is 0 Å². The molecule has 132 valence electrons. The minimum Gasteiger partial charge on any atom is -0.304 e. The Kier molecular flexibility index (Phi) is 6.50. The third kappa shape index (κ3) is 4.97. The van der Waals surface area contributed by atoms with Gasteiger partial charge in [0.15, 0.2) is 0 Å². The fourth-order valence-electron chi connectivity index (χ4n) is 2.52. The molecule has 0 aliphatic rings. The van der Waals surface area contributed by atoms with E-state index in [4.69, 9.17) is 0 Å². The van der Waals surface area contributed by atoms with Crippen LogP contribution >= 0.6 is 27.3 Å².